The Balaban J connectivity index is 0.00000312. The van der Waals surface area contributed by atoms with Crippen molar-refractivity contribution in [2.24, 2.45) is 4.99 Å². The lowest BCUT2D eigenvalue weighted by Crippen LogP contribution is -2.39. The Bertz CT molecular complexity index is 617. The molecule has 2 aromatic heterocycles. The van der Waals surface area contributed by atoms with E-state index in [0.29, 0.717) is 13.2 Å². The van der Waals surface area contributed by atoms with Crippen LogP contribution in [0.2, 0.25) is 0 Å². The molecule has 138 valence electrons. The van der Waals surface area contributed by atoms with Gasteiger partial charge in [-0.1, -0.05) is 0 Å². The minimum Gasteiger partial charge on any atom is -0.467 e. The summed E-state index contributed by atoms with van der Waals surface area (Å²) in [5.74, 6) is 1.67. The van der Waals surface area contributed by atoms with Crippen LogP contribution in [0.4, 0.5) is 0 Å². The lowest BCUT2D eigenvalue weighted by molar-refractivity contribution is 0.105. The number of nitrogens with one attached hydrogen (secondary N) is 2. The largest absolute Gasteiger partial charge is 0.467 e. The summed E-state index contributed by atoms with van der Waals surface area (Å²) >= 11 is 0. The molecule has 0 aliphatic rings. The van der Waals surface area contributed by atoms with Crippen LogP contribution in [0.1, 0.15) is 23.3 Å². The Morgan fingerprint density at radius 1 is 1.28 bits per heavy atom. The van der Waals surface area contributed by atoms with Crippen molar-refractivity contribution in [3.63, 3.8) is 0 Å². The Kier molecular flexibility index (Phi) is 10.9. The summed E-state index contributed by atoms with van der Waals surface area (Å²) in [7, 11) is 1.78. The van der Waals surface area contributed by atoms with Crippen LogP contribution in [0.3, 0.4) is 0 Å². The van der Waals surface area contributed by atoms with Gasteiger partial charge in [-0.25, -0.2) is 0 Å². The van der Waals surface area contributed by atoms with Crippen LogP contribution in [-0.4, -0.2) is 37.7 Å². The monoisotopic (exact) mass is 458 g/mol. The molecular formula is C18H27IN4O2. The molecule has 6 nitrogen and oxygen atoms in total. The summed E-state index contributed by atoms with van der Waals surface area (Å²) in [6.45, 7) is 4.93. The number of halogens is 1. The van der Waals surface area contributed by atoms with Crippen molar-refractivity contribution >= 4 is 29.9 Å². The van der Waals surface area contributed by atoms with E-state index in [0.717, 1.165) is 37.7 Å². The van der Waals surface area contributed by atoms with E-state index in [1.807, 2.05) is 24.5 Å². The quantitative estimate of drug-likeness (QED) is 0.262. The van der Waals surface area contributed by atoms with E-state index < -0.39 is 0 Å². The van der Waals surface area contributed by atoms with Crippen molar-refractivity contribution in [1.29, 1.82) is 0 Å². The summed E-state index contributed by atoms with van der Waals surface area (Å²) in [5.41, 5.74) is 2.52. The number of nitrogens with zero attached hydrogens (tertiary/aromatic N) is 2. The van der Waals surface area contributed by atoms with Gasteiger partial charge in [-0.2, -0.15) is 0 Å². The van der Waals surface area contributed by atoms with Crippen molar-refractivity contribution < 1.29 is 9.15 Å². The van der Waals surface area contributed by atoms with Crippen molar-refractivity contribution in [1.82, 2.24) is 15.6 Å². The smallest absolute Gasteiger partial charge is 0.190 e. The second-order valence-corrected chi connectivity index (χ2v) is 5.46. The van der Waals surface area contributed by atoms with Crippen LogP contribution >= 0.6 is 24.0 Å². The molecule has 2 N–H and O–H groups in total. The van der Waals surface area contributed by atoms with E-state index in [1.165, 1.54) is 11.1 Å². The van der Waals surface area contributed by atoms with Crippen LogP contribution in [0.15, 0.2) is 46.3 Å². The number of ether oxygens (including phenoxy) is 1. The van der Waals surface area contributed by atoms with Crippen LogP contribution in [0.25, 0.3) is 0 Å². The highest BCUT2D eigenvalue weighted by Crippen LogP contribution is 2.04. The molecule has 0 atom stereocenters. The highest BCUT2D eigenvalue weighted by atomic mass is 127. The fourth-order valence-electron chi connectivity index (χ4n) is 2.27. The van der Waals surface area contributed by atoms with Gasteiger partial charge in [0, 0.05) is 39.1 Å². The molecule has 25 heavy (non-hydrogen) atoms. The lowest BCUT2D eigenvalue weighted by atomic mass is 10.1. The van der Waals surface area contributed by atoms with E-state index in [9.17, 15) is 0 Å². The molecule has 0 amide bonds. The van der Waals surface area contributed by atoms with E-state index in [2.05, 4.69) is 33.6 Å². The minimum atomic E-state index is 0. The zero-order valence-electron chi connectivity index (χ0n) is 14.8. The molecule has 2 rings (SSSR count). The second-order valence-electron chi connectivity index (χ2n) is 5.46. The average molecular weight is 458 g/mol. The van der Waals surface area contributed by atoms with Gasteiger partial charge >= 0.3 is 0 Å². The van der Waals surface area contributed by atoms with Crippen LogP contribution in [0.5, 0.6) is 0 Å². The molecule has 0 aliphatic heterocycles. The molecule has 0 fully saturated rings. The zero-order chi connectivity index (χ0) is 17.0. The first kappa shape index (κ1) is 21.4. The van der Waals surface area contributed by atoms with Crippen LogP contribution in [-0.2, 0) is 17.8 Å². The molecule has 2 aromatic rings. The van der Waals surface area contributed by atoms with Gasteiger partial charge in [0.2, 0.25) is 0 Å². The van der Waals surface area contributed by atoms with E-state index in [1.54, 1.807) is 13.3 Å². The van der Waals surface area contributed by atoms with Crippen molar-refractivity contribution in [2.45, 2.75) is 26.4 Å². The van der Waals surface area contributed by atoms with Gasteiger partial charge in [-0.05, 0) is 49.1 Å². The Morgan fingerprint density at radius 3 is 2.84 bits per heavy atom. The first-order valence-electron chi connectivity index (χ1n) is 8.23. The standard InChI is InChI=1S/C18H26N4O2.HI/c1-15-13-20-9-6-16(15)7-10-22-18(19-2)21-8-4-11-23-14-17-5-3-12-24-17;/h3,5-6,9,12-13H,4,7-8,10-11,14H2,1-2H3,(H2,19,21,22);1H. The summed E-state index contributed by atoms with van der Waals surface area (Å²) < 4.78 is 10.8. The zero-order valence-corrected chi connectivity index (χ0v) is 17.2. The number of pyridine rings is 1. The molecule has 0 aromatic carbocycles. The topological polar surface area (TPSA) is 71.7 Å². The van der Waals surface area contributed by atoms with Crippen molar-refractivity contribution in [3.8, 4) is 0 Å². The van der Waals surface area contributed by atoms with Gasteiger partial charge in [-0.3, -0.25) is 9.98 Å². The molecule has 0 radical (unpaired) electrons. The third kappa shape index (κ3) is 8.35. The van der Waals surface area contributed by atoms with Crippen LogP contribution in [0, 0.1) is 6.92 Å². The molecule has 2 heterocycles. The molecule has 0 aliphatic carbocycles. The molecule has 0 bridgehead atoms. The fourth-order valence-corrected chi connectivity index (χ4v) is 2.27. The predicted molar refractivity (Wildman–Crippen MR) is 110 cm³/mol. The lowest BCUT2D eigenvalue weighted by Gasteiger charge is -2.12. The van der Waals surface area contributed by atoms with Gasteiger partial charge in [-0.15, -0.1) is 24.0 Å². The van der Waals surface area contributed by atoms with Gasteiger partial charge in [0.05, 0.1) is 6.26 Å². The number of hydrogen-bond donors (Lipinski definition) is 2. The highest BCUT2D eigenvalue weighted by Gasteiger charge is 2.00. The number of aromatic nitrogens is 1. The fraction of sp³-hybridized carbons (Fsp3) is 0.444. The van der Waals surface area contributed by atoms with Gasteiger partial charge in [0.25, 0.3) is 0 Å². The average Bonchev–Trinajstić information content (AvgIpc) is 3.11. The summed E-state index contributed by atoms with van der Waals surface area (Å²) in [6, 6.07) is 5.83. The molecule has 0 unspecified atom stereocenters. The first-order valence-corrected chi connectivity index (χ1v) is 8.23. The number of furan rings is 1. The highest BCUT2D eigenvalue weighted by molar-refractivity contribution is 14.0. The number of hydrogen-bond acceptors (Lipinski definition) is 4. The maximum Gasteiger partial charge on any atom is 0.190 e. The van der Waals surface area contributed by atoms with Crippen molar-refractivity contribution in [2.75, 3.05) is 26.7 Å². The number of guanidine groups is 1. The third-order valence-electron chi connectivity index (χ3n) is 3.63. The van der Waals surface area contributed by atoms with Gasteiger partial charge < -0.3 is 19.8 Å². The first-order chi connectivity index (χ1) is 11.8. The maximum absolute atomic E-state index is 5.55. The Morgan fingerprint density at radius 2 is 2.12 bits per heavy atom. The summed E-state index contributed by atoms with van der Waals surface area (Å²) in [6.07, 6.45) is 7.23. The van der Waals surface area contributed by atoms with Crippen LogP contribution < -0.4 is 10.6 Å². The molecular weight excluding hydrogens is 431 g/mol. The molecule has 0 saturated carbocycles. The Hall–Kier alpha value is -1.61. The normalized spacial score (nSPS) is 11.0. The summed E-state index contributed by atoms with van der Waals surface area (Å²) in [4.78, 5) is 8.34. The van der Waals surface area contributed by atoms with E-state index in [4.69, 9.17) is 9.15 Å². The second kappa shape index (κ2) is 12.7. The maximum atomic E-state index is 5.55. The van der Waals surface area contributed by atoms with E-state index >= 15 is 0 Å². The van der Waals surface area contributed by atoms with Crippen molar-refractivity contribution in [3.05, 3.63) is 53.7 Å². The number of aliphatic imine (C=N–C) groups is 1. The summed E-state index contributed by atoms with van der Waals surface area (Å²) in [5, 5.41) is 6.61. The molecule has 0 saturated heterocycles. The SMILES string of the molecule is CN=C(NCCCOCc1ccco1)NCCc1ccncc1C.I. The van der Waals surface area contributed by atoms with Gasteiger partial charge in [0.15, 0.2) is 5.96 Å². The minimum absolute atomic E-state index is 0. The number of rotatable bonds is 9. The molecule has 0 spiro atoms. The third-order valence-corrected chi connectivity index (χ3v) is 3.63. The number of aryl methyl sites for hydroxylation is 1. The predicted octanol–water partition coefficient (Wildman–Crippen LogP) is 2.92. The van der Waals surface area contributed by atoms with Gasteiger partial charge in [0.1, 0.15) is 12.4 Å². The Labute approximate surface area is 166 Å². The molecule has 7 heteroatoms. The van der Waals surface area contributed by atoms with E-state index in [-0.39, 0.29) is 24.0 Å².